The molecule has 2 N–H and O–H groups in total. The normalized spacial score (nSPS) is 20.6. The summed E-state index contributed by atoms with van der Waals surface area (Å²) in [6.07, 6.45) is 0.849. The molecule has 0 spiro atoms. The maximum atomic E-state index is 8.96. The molecule has 1 aromatic rings. The average Bonchev–Trinajstić information content (AvgIpc) is 2.18. The number of benzene rings is 1. The molecule has 2 nitrogen and oxygen atoms in total. The van der Waals surface area contributed by atoms with Gasteiger partial charge in [-0.15, -0.1) is 0 Å². The predicted molar refractivity (Wildman–Crippen MR) is 60.3 cm³/mol. The fourth-order valence-electron chi connectivity index (χ4n) is 2.03. The highest BCUT2D eigenvalue weighted by molar-refractivity contribution is 9.10. The molecule has 0 saturated heterocycles. The molecule has 14 heavy (non-hydrogen) atoms. The number of halogens is 1. The van der Waals surface area contributed by atoms with Crippen molar-refractivity contribution in [2.75, 3.05) is 13.2 Å². The highest BCUT2D eigenvalue weighted by atomic mass is 79.9. The van der Waals surface area contributed by atoms with E-state index in [9.17, 15) is 0 Å². The monoisotopic (exact) mass is 255 g/mol. The first-order chi connectivity index (χ1) is 6.81. The van der Waals surface area contributed by atoms with Crippen molar-refractivity contribution in [1.29, 1.82) is 0 Å². The van der Waals surface area contributed by atoms with Crippen LogP contribution in [0.4, 0.5) is 0 Å². The fourth-order valence-corrected chi connectivity index (χ4v) is 2.44. The summed E-state index contributed by atoms with van der Waals surface area (Å²) in [5.74, 6) is 0.469. The van der Waals surface area contributed by atoms with Gasteiger partial charge in [0.25, 0.3) is 0 Å². The quantitative estimate of drug-likeness (QED) is 0.848. The van der Waals surface area contributed by atoms with Crippen LogP contribution in [0.5, 0.6) is 0 Å². The Kier molecular flexibility index (Phi) is 3.21. The van der Waals surface area contributed by atoms with E-state index < -0.39 is 0 Å². The lowest BCUT2D eigenvalue weighted by atomic mass is 9.89. The third kappa shape index (κ3) is 2.00. The van der Waals surface area contributed by atoms with Crippen molar-refractivity contribution in [3.05, 3.63) is 33.8 Å². The van der Waals surface area contributed by atoms with Crippen molar-refractivity contribution in [1.82, 2.24) is 5.32 Å². The number of fused-ring (bicyclic) bond motifs is 1. The molecule has 76 valence electrons. The van der Waals surface area contributed by atoms with E-state index in [2.05, 4.69) is 39.4 Å². The molecule has 0 aliphatic carbocycles. The van der Waals surface area contributed by atoms with Gasteiger partial charge >= 0.3 is 0 Å². The van der Waals surface area contributed by atoms with Gasteiger partial charge in [0.1, 0.15) is 0 Å². The molecule has 1 atom stereocenters. The van der Waals surface area contributed by atoms with Crippen LogP contribution in [-0.4, -0.2) is 18.3 Å². The van der Waals surface area contributed by atoms with Gasteiger partial charge in [-0.2, -0.15) is 0 Å². The summed E-state index contributed by atoms with van der Waals surface area (Å²) in [7, 11) is 0. The number of hydrogen-bond acceptors (Lipinski definition) is 2. The fraction of sp³-hybridized carbons (Fsp3) is 0.455. The van der Waals surface area contributed by atoms with Crippen LogP contribution in [0.3, 0.4) is 0 Å². The highest BCUT2D eigenvalue weighted by Gasteiger charge is 2.18. The van der Waals surface area contributed by atoms with E-state index in [-0.39, 0.29) is 6.61 Å². The predicted octanol–water partition coefficient (Wildman–Crippen LogP) is 2.02. The standard InChI is InChI=1S/C11H14BrNO/c12-10-1-2-11-8(3-4-14)6-13-7-9(11)5-10/h1-2,5,8,13-14H,3-4,6-7H2. The van der Waals surface area contributed by atoms with Crippen LogP contribution in [0.2, 0.25) is 0 Å². The van der Waals surface area contributed by atoms with Crippen LogP contribution in [0.15, 0.2) is 22.7 Å². The third-order valence-corrected chi connectivity index (χ3v) is 3.22. The van der Waals surface area contributed by atoms with Crippen LogP contribution in [0.1, 0.15) is 23.5 Å². The second kappa shape index (κ2) is 4.43. The molecule has 2 rings (SSSR count). The molecule has 0 amide bonds. The first-order valence-corrected chi connectivity index (χ1v) is 5.70. The molecule has 1 aliphatic rings. The van der Waals surface area contributed by atoms with Crippen LogP contribution in [0, 0.1) is 0 Å². The topological polar surface area (TPSA) is 32.3 Å². The zero-order valence-corrected chi connectivity index (χ0v) is 9.55. The van der Waals surface area contributed by atoms with E-state index in [4.69, 9.17) is 5.11 Å². The molecule has 3 heteroatoms. The third-order valence-electron chi connectivity index (χ3n) is 2.73. The molecular formula is C11H14BrNO. The van der Waals surface area contributed by atoms with Crippen LogP contribution < -0.4 is 5.32 Å². The first kappa shape index (κ1) is 10.1. The summed E-state index contributed by atoms with van der Waals surface area (Å²) in [5, 5.41) is 12.3. The Morgan fingerprint density at radius 1 is 1.50 bits per heavy atom. The van der Waals surface area contributed by atoms with Gasteiger partial charge in [0.05, 0.1) is 0 Å². The van der Waals surface area contributed by atoms with Gasteiger partial charge in [0.15, 0.2) is 0 Å². The van der Waals surface area contributed by atoms with E-state index in [0.717, 1.165) is 24.0 Å². The van der Waals surface area contributed by atoms with Gasteiger partial charge in [-0.1, -0.05) is 22.0 Å². The SMILES string of the molecule is OCCC1CNCc2cc(Br)ccc21. The van der Waals surface area contributed by atoms with Gasteiger partial charge in [0, 0.05) is 24.2 Å². The summed E-state index contributed by atoms with van der Waals surface area (Å²) in [4.78, 5) is 0. The minimum absolute atomic E-state index is 0.266. The smallest absolute Gasteiger partial charge is 0.0437 e. The van der Waals surface area contributed by atoms with Gasteiger partial charge in [-0.3, -0.25) is 0 Å². The van der Waals surface area contributed by atoms with E-state index in [0.29, 0.717) is 5.92 Å². The zero-order chi connectivity index (χ0) is 9.97. The second-order valence-corrected chi connectivity index (χ2v) is 4.60. The van der Waals surface area contributed by atoms with Gasteiger partial charge in [0.2, 0.25) is 0 Å². The first-order valence-electron chi connectivity index (χ1n) is 4.91. The van der Waals surface area contributed by atoms with Crippen molar-refractivity contribution in [3.63, 3.8) is 0 Å². The molecule has 1 aliphatic heterocycles. The molecule has 0 radical (unpaired) electrons. The average molecular weight is 256 g/mol. The van der Waals surface area contributed by atoms with Crippen molar-refractivity contribution in [3.8, 4) is 0 Å². The van der Waals surface area contributed by atoms with Gasteiger partial charge in [-0.25, -0.2) is 0 Å². The van der Waals surface area contributed by atoms with Crippen molar-refractivity contribution in [2.45, 2.75) is 18.9 Å². The lowest BCUT2D eigenvalue weighted by Crippen LogP contribution is -2.28. The molecule has 1 unspecified atom stereocenters. The molecule has 0 aromatic heterocycles. The molecule has 0 bridgehead atoms. The Balaban J connectivity index is 2.30. The Morgan fingerprint density at radius 3 is 3.14 bits per heavy atom. The number of aliphatic hydroxyl groups is 1. The molecule has 0 fully saturated rings. The second-order valence-electron chi connectivity index (χ2n) is 3.68. The van der Waals surface area contributed by atoms with E-state index in [1.165, 1.54) is 11.1 Å². The van der Waals surface area contributed by atoms with Gasteiger partial charge < -0.3 is 10.4 Å². The van der Waals surface area contributed by atoms with E-state index >= 15 is 0 Å². The Bertz CT molecular complexity index is 327. The Morgan fingerprint density at radius 2 is 2.36 bits per heavy atom. The largest absolute Gasteiger partial charge is 0.396 e. The lowest BCUT2D eigenvalue weighted by Gasteiger charge is -2.26. The summed E-state index contributed by atoms with van der Waals surface area (Å²) in [5.41, 5.74) is 2.74. The van der Waals surface area contributed by atoms with Crippen molar-refractivity contribution >= 4 is 15.9 Å². The van der Waals surface area contributed by atoms with Crippen molar-refractivity contribution < 1.29 is 5.11 Å². The highest BCUT2D eigenvalue weighted by Crippen LogP contribution is 2.28. The Hall–Kier alpha value is -0.380. The van der Waals surface area contributed by atoms with Gasteiger partial charge in [-0.05, 0) is 35.6 Å². The zero-order valence-electron chi connectivity index (χ0n) is 7.96. The number of hydrogen-bond donors (Lipinski definition) is 2. The maximum Gasteiger partial charge on any atom is 0.0437 e. The van der Waals surface area contributed by atoms with Crippen LogP contribution in [-0.2, 0) is 6.54 Å². The summed E-state index contributed by atoms with van der Waals surface area (Å²) in [6, 6.07) is 6.40. The number of aliphatic hydroxyl groups excluding tert-OH is 1. The summed E-state index contributed by atoms with van der Waals surface area (Å²) >= 11 is 3.47. The van der Waals surface area contributed by atoms with Crippen LogP contribution in [0.25, 0.3) is 0 Å². The summed E-state index contributed by atoms with van der Waals surface area (Å²) in [6.45, 7) is 2.19. The minimum atomic E-state index is 0.266. The molecule has 1 heterocycles. The van der Waals surface area contributed by atoms with E-state index in [1.807, 2.05) is 0 Å². The molecular weight excluding hydrogens is 242 g/mol. The van der Waals surface area contributed by atoms with Crippen LogP contribution >= 0.6 is 15.9 Å². The molecule has 0 saturated carbocycles. The number of rotatable bonds is 2. The lowest BCUT2D eigenvalue weighted by molar-refractivity contribution is 0.271. The van der Waals surface area contributed by atoms with E-state index in [1.54, 1.807) is 0 Å². The minimum Gasteiger partial charge on any atom is -0.396 e. The van der Waals surface area contributed by atoms with Crippen molar-refractivity contribution in [2.24, 2.45) is 0 Å². The Labute approximate surface area is 92.5 Å². The maximum absolute atomic E-state index is 8.96. The number of nitrogens with one attached hydrogen (secondary N) is 1. The summed E-state index contributed by atoms with van der Waals surface area (Å²) < 4.78 is 1.13. The molecule has 1 aromatic carbocycles.